The monoisotopic (exact) mass is 259 g/mol. The van der Waals surface area contributed by atoms with E-state index in [4.69, 9.17) is 4.74 Å². The number of amides is 1. The van der Waals surface area contributed by atoms with Crippen molar-refractivity contribution in [2.75, 3.05) is 19.1 Å². The third-order valence-electron chi connectivity index (χ3n) is 2.84. The van der Waals surface area contributed by atoms with Gasteiger partial charge in [-0.05, 0) is 30.3 Å². The molecule has 0 unspecified atom stereocenters. The molecule has 0 spiro atoms. The molecule has 0 fully saturated rings. The quantitative estimate of drug-likeness (QED) is 0.847. The Kier molecular flexibility index (Phi) is 3.80. The molecule has 0 heterocycles. The number of carbonyl (C=O) groups excluding carboxylic acids is 1. The molecule has 0 aliphatic carbocycles. The zero-order valence-electron chi connectivity index (χ0n) is 10.8. The molecule has 1 amide bonds. The number of hydrogen-bond acceptors (Lipinski definition) is 2. The second kappa shape index (κ2) is 5.52. The number of carbonyl (C=O) groups is 1. The first kappa shape index (κ1) is 13.1. The topological polar surface area (TPSA) is 29.5 Å². The molecule has 2 aromatic carbocycles. The van der Waals surface area contributed by atoms with Gasteiger partial charge in [0.1, 0.15) is 11.6 Å². The number of rotatable bonds is 3. The number of anilines is 1. The first-order chi connectivity index (χ1) is 9.13. The zero-order valence-corrected chi connectivity index (χ0v) is 10.8. The summed E-state index contributed by atoms with van der Waals surface area (Å²) in [6.07, 6.45) is 0. The van der Waals surface area contributed by atoms with Crippen LogP contribution in [-0.4, -0.2) is 20.1 Å². The van der Waals surface area contributed by atoms with Crippen LogP contribution in [-0.2, 0) is 0 Å². The van der Waals surface area contributed by atoms with E-state index in [-0.39, 0.29) is 11.5 Å². The van der Waals surface area contributed by atoms with Gasteiger partial charge in [-0.15, -0.1) is 0 Å². The van der Waals surface area contributed by atoms with Gasteiger partial charge in [0.25, 0.3) is 5.91 Å². The Labute approximate surface area is 111 Å². The highest BCUT2D eigenvalue weighted by atomic mass is 19.1. The van der Waals surface area contributed by atoms with Gasteiger partial charge in [0.05, 0.1) is 12.7 Å². The summed E-state index contributed by atoms with van der Waals surface area (Å²) in [5, 5.41) is 0. The number of halogens is 1. The minimum absolute atomic E-state index is 0.203. The molecule has 0 saturated heterocycles. The number of para-hydroxylation sites is 1. The van der Waals surface area contributed by atoms with E-state index in [9.17, 15) is 9.18 Å². The fourth-order valence-corrected chi connectivity index (χ4v) is 1.80. The standard InChI is InChI=1S/C15H14FNO2/c1-17(12-6-4-3-5-7-12)15(18)13-10-11(16)8-9-14(13)19-2/h3-10H,1-2H3. The van der Waals surface area contributed by atoms with Gasteiger partial charge in [-0.2, -0.15) is 0 Å². The molecule has 0 aliphatic heterocycles. The molecule has 0 aromatic heterocycles. The lowest BCUT2D eigenvalue weighted by atomic mass is 10.1. The van der Waals surface area contributed by atoms with Crippen molar-refractivity contribution in [2.24, 2.45) is 0 Å². The van der Waals surface area contributed by atoms with Crippen molar-refractivity contribution in [3.05, 3.63) is 59.9 Å². The molecule has 0 radical (unpaired) electrons. The number of methoxy groups -OCH3 is 1. The van der Waals surface area contributed by atoms with Crippen LogP contribution in [0.3, 0.4) is 0 Å². The van der Waals surface area contributed by atoms with E-state index >= 15 is 0 Å². The number of ether oxygens (including phenoxy) is 1. The van der Waals surface area contributed by atoms with Crippen LogP contribution in [0, 0.1) is 5.82 Å². The van der Waals surface area contributed by atoms with Gasteiger partial charge >= 0.3 is 0 Å². The maximum absolute atomic E-state index is 13.3. The predicted octanol–water partition coefficient (Wildman–Crippen LogP) is 3.11. The van der Waals surface area contributed by atoms with E-state index in [0.29, 0.717) is 5.75 Å². The van der Waals surface area contributed by atoms with E-state index in [1.807, 2.05) is 30.3 Å². The highest BCUT2D eigenvalue weighted by Gasteiger charge is 2.18. The summed E-state index contributed by atoms with van der Waals surface area (Å²) in [4.78, 5) is 13.8. The van der Waals surface area contributed by atoms with Gasteiger partial charge in [0.2, 0.25) is 0 Å². The number of benzene rings is 2. The predicted molar refractivity (Wildman–Crippen MR) is 72.1 cm³/mol. The first-order valence-electron chi connectivity index (χ1n) is 5.80. The lowest BCUT2D eigenvalue weighted by molar-refractivity contribution is 0.0989. The van der Waals surface area contributed by atoms with Crippen molar-refractivity contribution in [1.29, 1.82) is 0 Å². The smallest absolute Gasteiger partial charge is 0.261 e. The van der Waals surface area contributed by atoms with Gasteiger partial charge in [0, 0.05) is 12.7 Å². The zero-order chi connectivity index (χ0) is 13.8. The molecule has 4 heteroatoms. The van der Waals surface area contributed by atoms with Gasteiger partial charge in [-0.25, -0.2) is 4.39 Å². The summed E-state index contributed by atoms with van der Waals surface area (Å²) in [5.41, 5.74) is 0.938. The average molecular weight is 259 g/mol. The molecule has 0 aliphatic rings. The Balaban J connectivity index is 2.37. The largest absolute Gasteiger partial charge is 0.496 e. The van der Waals surface area contributed by atoms with E-state index in [1.54, 1.807) is 7.05 Å². The van der Waals surface area contributed by atoms with Crippen LogP contribution in [0.2, 0.25) is 0 Å². The van der Waals surface area contributed by atoms with Gasteiger partial charge < -0.3 is 9.64 Å². The molecule has 0 bridgehead atoms. The van der Waals surface area contributed by atoms with Crippen LogP contribution in [0.1, 0.15) is 10.4 Å². The fourth-order valence-electron chi connectivity index (χ4n) is 1.80. The molecular formula is C15H14FNO2. The van der Waals surface area contributed by atoms with Crippen molar-refractivity contribution >= 4 is 11.6 Å². The molecule has 2 rings (SSSR count). The first-order valence-corrected chi connectivity index (χ1v) is 5.80. The summed E-state index contributed by atoms with van der Waals surface area (Å²) in [5.74, 6) is -0.428. The van der Waals surface area contributed by atoms with Crippen LogP contribution in [0.25, 0.3) is 0 Å². The van der Waals surface area contributed by atoms with Gasteiger partial charge in [0.15, 0.2) is 0 Å². The summed E-state index contributed by atoms with van der Waals surface area (Å²) >= 11 is 0. The van der Waals surface area contributed by atoms with Crippen molar-refractivity contribution in [2.45, 2.75) is 0 Å². The number of hydrogen-bond donors (Lipinski definition) is 0. The third-order valence-corrected chi connectivity index (χ3v) is 2.84. The fraction of sp³-hybridized carbons (Fsp3) is 0.133. The second-order valence-corrected chi connectivity index (χ2v) is 4.04. The number of nitrogens with zero attached hydrogens (tertiary/aromatic N) is 1. The maximum Gasteiger partial charge on any atom is 0.261 e. The lowest BCUT2D eigenvalue weighted by Crippen LogP contribution is -2.26. The second-order valence-electron chi connectivity index (χ2n) is 4.04. The highest BCUT2D eigenvalue weighted by molar-refractivity contribution is 6.07. The van der Waals surface area contributed by atoms with E-state index in [0.717, 1.165) is 5.69 Å². The molecule has 3 nitrogen and oxygen atoms in total. The maximum atomic E-state index is 13.3. The Hall–Kier alpha value is -2.36. The summed E-state index contributed by atoms with van der Waals surface area (Å²) < 4.78 is 18.4. The van der Waals surface area contributed by atoms with Crippen molar-refractivity contribution in [1.82, 2.24) is 0 Å². The van der Waals surface area contributed by atoms with Crippen LogP contribution in [0.4, 0.5) is 10.1 Å². The summed E-state index contributed by atoms with van der Waals surface area (Å²) in [7, 11) is 3.09. The lowest BCUT2D eigenvalue weighted by Gasteiger charge is -2.18. The summed E-state index contributed by atoms with van der Waals surface area (Å²) in [6, 6.07) is 13.0. The Morgan fingerprint density at radius 1 is 1.16 bits per heavy atom. The Morgan fingerprint density at radius 3 is 2.47 bits per heavy atom. The van der Waals surface area contributed by atoms with Crippen LogP contribution < -0.4 is 9.64 Å². The van der Waals surface area contributed by atoms with E-state index in [1.165, 1.54) is 30.2 Å². The molecule has 0 N–H and O–H groups in total. The Bertz CT molecular complexity index is 584. The van der Waals surface area contributed by atoms with Crippen molar-refractivity contribution < 1.29 is 13.9 Å². The van der Waals surface area contributed by atoms with Crippen molar-refractivity contribution in [3.8, 4) is 5.75 Å². The molecule has 0 atom stereocenters. The third kappa shape index (κ3) is 2.73. The van der Waals surface area contributed by atoms with Gasteiger partial charge in [-0.3, -0.25) is 4.79 Å². The van der Waals surface area contributed by atoms with E-state index < -0.39 is 5.82 Å². The molecule has 0 saturated carbocycles. The van der Waals surface area contributed by atoms with Crippen LogP contribution >= 0.6 is 0 Å². The van der Waals surface area contributed by atoms with E-state index in [2.05, 4.69) is 0 Å². The Morgan fingerprint density at radius 2 is 1.84 bits per heavy atom. The average Bonchev–Trinajstić information content (AvgIpc) is 2.46. The normalized spacial score (nSPS) is 10.1. The van der Waals surface area contributed by atoms with Crippen LogP contribution in [0.5, 0.6) is 5.75 Å². The molecule has 2 aromatic rings. The molecular weight excluding hydrogens is 245 g/mol. The van der Waals surface area contributed by atoms with Crippen molar-refractivity contribution in [3.63, 3.8) is 0 Å². The molecule has 19 heavy (non-hydrogen) atoms. The molecule has 98 valence electrons. The van der Waals surface area contributed by atoms with Gasteiger partial charge in [-0.1, -0.05) is 18.2 Å². The SMILES string of the molecule is COc1ccc(F)cc1C(=O)N(C)c1ccccc1. The minimum atomic E-state index is -0.467. The minimum Gasteiger partial charge on any atom is -0.496 e. The summed E-state index contributed by atoms with van der Waals surface area (Å²) in [6.45, 7) is 0. The highest BCUT2D eigenvalue weighted by Crippen LogP contribution is 2.23. The van der Waals surface area contributed by atoms with Crippen LogP contribution in [0.15, 0.2) is 48.5 Å².